The molecule has 0 aliphatic heterocycles. The standard InChI is InChI=1S/C21H20N4O3S/c1-28-20(27)17-9-14(11-23-17)18-12-29-21(24-18)25-19(26)8-4-5-13-10-22-16-7-3-2-6-15(13)16/h2-3,6-7,9-12,22-23H,4-5,8H2,1H3,(H,24,25,26). The van der Waals surface area contributed by atoms with Gasteiger partial charge in [0.15, 0.2) is 5.13 Å². The zero-order chi connectivity index (χ0) is 20.2. The SMILES string of the molecule is COC(=O)c1cc(-c2csc(NC(=O)CCCc3c[nH]c4ccccc34)n2)c[nH]1. The second-order valence-corrected chi connectivity index (χ2v) is 7.45. The number of nitrogens with one attached hydrogen (secondary N) is 3. The summed E-state index contributed by atoms with van der Waals surface area (Å²) in [7, 11) is 1.33. The minimum Gasteiger partial charge on any atom is -0.464 e. The third-order valence-electron chi connectivity index (χ3n) is 4.66. The third-order valence-corrected chi connectivity index (χ3v) is 5.42. The van der Waals surface area contributed by atoms with Crippen LogP contribution in [0.15, 0.2) is 48.1 Å². The van der Waals surface area contributed by atoms with Crippen molar-refractivity contribution in [1.29, 1.82) is 0 Å². The number of H-pyrrole nitrogens is 2. The molecule has 0 spiro atoms. The number of aromatic nitrogens is 3. The number of para-hydroxylation sites is 1. The number of ether oxygens (including phenoxy) is 1. The van der Waals surface area contributed by atoms with E-state index in [1.807, 2.05) is 29.8 Å². The molecular formula is C21H20N4O3S. The molecule has 0 fully saturated rings. The lowest BCUT2D eigenvalue weighted by atomic mass is 10.1. The van der Waals surface area contributed by atoms with Crippen LogP contribution in [0.4, 0.5) is 5.13 Å². The molecule has 1 aromatic carbocycles. The van der Waals surface area contributed by atoms with E-state index in [4.69, 9.17) is 0 Å². The fraction of sp³-hybridized carbons (Fsp3) is 0.190. The number of hydrogen-bond donors (Lipinski definition) is 3. The molecule has 1 amide bonds. The van der Waals surface area contributed by atoms with Crippen molar-refractivity contribution in [3.8, 4) is 11.3 Å². The molecule has 0 radical (unpaired) electrons. The van der Waals surface area contributed by atoms with Gasteiger partial charge in [0.05, 0.1) is 12.8 Å². The first-order chi connectivity index (χ1) is 14.1. The summed E-state index contributed by atoms with van der Waals surface area (Å²) < 4.78 is 4.68. The Hall–Kier alpha value is -3.39. The normalized spacial score (nSPS) is 10.9. The molecule has 3 heterocycles. The van der Waals surface area contributed by atoms with Crippen LogP contribution in [0.1, 0.15) is 28.9 Å². The zero-order valence-electron chi connectivity index (χ0n) is 15.8. The molecule has 8 heteroatoms. The Labute approximate surface area is 171 Å². The van der Waals surface area contributed by atoms with Crippen LogP contribution in [-0.4, -0.2) is 33.9 Å². The predicted molar refractivity (Wildman–Crippen MR) is 113 cm³/mol. The van der Waals surface area contributed by atoms with Gasteiger partial charge in [-0.1, -0.05) is 18.2 Å². The summed E-state index contributed by atoms with van der Waals surface area (Å²) in [6, 6.07) is 9.83. The Kier molecular flexibility index (Phi) is 5.44. The van der Waals surface area contributed by atoms with Crippen LogP contribution in [0.5, 0.6) is 0 Å². The predicted octanol–water partition coefficient (Wildman–Crippen LogP) is 4.37. The molecule has 0 atom stereocenters. The topological polar surface area (TPSA) is 99.9 Å². The maximum Gasteiger partial charge on any atom is 0.354 e. The van der Waals surface area contributed by atoms with Crippen LogP contribution in [0.2, 0.25) is 0 Å². The second kappa shape index (κ2) is 8.32. The largest absolute Gasteiger partial charge is 0.464 e. The number of hydrogen-bond acceptors (Lipinski definition) is 5. The van der Waals surface area contributed by atoms with Crippen molar-refractivity contribution in [1.82, 2.24) is 15.0 Å². The smallest absolute Gasteiger partial charge is 0.354 e. The minimum absolute atomic E-state index is 0.0601. The zero-order valence-corrected chi connectivity index (χ0v) is 16.6. The first-order valence-corrected chi connectivity index (χ1v) is 10.1. The highest BCUT2D eigenvalue weighted by atomic mass is 32.1. The van der Waals surface area contributed by atoms with E-state index in [2.05, 4.69) is 31.1 Å². The highest BCUT2D eigenvalue weighted by Crippen LogP contribution is 2.26. The first-order valence-electron chi connectivity index (χ1n) is 9.21. The summed E-state index contributed by atoms with van der Waals surface area (Å²) in [5.41, 5.74) is 4.15. The average Bonchev–Trinajstić information content (AvgIpc) is 3.47. The molecule has 148 valence electrons. The number of carbonyl (C=O) groups excluding carboxylic acids is 2. The lowest BCUT2D eigenvalue weighted by molar-refractivity contribution is -0.116. The number of aryl methyl sites for hydroxylation is 1. The number of methoxy groups -OCH3 is 1. The van der Waals surface area contributed by atoms with Crippen molar-refractivity contribution in [3.05, 3.63) is 59.4 Å². The number of fused-ring (bicyclic) bond motifs is 1. The van der Waals surface area contributed by atoms with Crippen LogP contribution in [0.25, 0.3) is 22.2 Å². The number of carbonyl (C=O) groups is 2. The third kappa shape index (κ3) is 4.22. The van der Waals surface area contributed by atoms with E-state index < -0.39 is 5.97 Å². The molecule has 4 aromatic rings. The summed E-state index contributed by atoms with van der Waals surface area (Å²) in [6.45, 7) is 0. The lowest BCUT2D eigenvalue weighted by Crippen LogP contribution is -2.11. The molecule has 29 heavy (non-hydrogen) atoms. The van der Waals surface area contributed by atoms with E-state index >= 15 is 0 Å². The highest BCUT2D eigenvalue weighted by Gasteiger charge is 2.13. The molecule has 3 N–H and O–H groups in total. The Bertz CT molecular complexity index is 1160. The number of benzene rings is 1. The quantitative estimate of drug-likeness (QED) is 0.395. The van der Waals surface area contributed by atoms with Gasteiger partial charge in [-0.15, -0.1) is 11.3 Å². The van der Waals surface area contributed by atoms with Gasteiger partial charge in [0.1, 0.15) is 5.69 Å². The van der Waals surface area contributed by atoms with Gasteiger partial charge >= 0.3 is 5.97 Å². The Morgan fingerprint density at radius 1 is 1.21 bits per heavy atom. The molecule has 3 aromatic heterocycles. The maximum absolute atomic E-state index is 12.3. The summed E-state index contributed by atoms with van der Waals surface area (Å²) >= 11 is 1.35. The van der Waals surface area contributed by atoms with Gasteiger partial charge in [0.25, 0.3) is 0 Å². The van der Waals surface area contributed by atoms with Gasteiger partial charge in [-0.3, -0.25) is 4.79 Å². The van der Waals surface area contributed by atoms with Crippen LogP contribution in [0, 0.1) is 0 Å². The van der Waals surface area contributed by atoms with Crippen molar-refractivity contribution in [2.45, 2.75) is 19.3 Å². The molecule has 0 aliphatic carbocycles. The van der Waals surface area contributed by atoms with E-state index in [1.165, 1.54) is 29.4 Å². The van der Waals surface area contributed by atoms with E-state index in [0.29, 0.717) is 22.9 Å². The van der Waals surface area contributed by atoms with Gasteiger partial charge in [0, 0.05) is 40.7 Å². The average molecular weight is 408 g/mol. The molecular weight excluding hydrogens is 388 g/mol. The minimum atomic E-state index is -0.435. The van der Waals surface area contributed by atoms with Crippen molar-refractivity contribution < 1.29 is 14.3 Å². The van der Waals surface area contributed by atoms with E-state index in [-0.39, 0.29) is 5.91 Å². The van der Waals surface area contributed by atoms with Crippen molar-refractivity contribution in [2.24, 2.45) is 0 Å². The summed E-state index contributed by atoms with van der Waals surface area (Å²) in [5.74, 6) is -0.495. The second-order valence-electron chi connectivity index (χ2n) is 6.59. The Morgan fingerprint density at radius 3 is 2.93 bits per heavy atom. The number of amides is 1. The lowest BCUT2D eigenvalue weighted by Gasteiger charge is -2.02. The van der Waals surface area contributed by atoms with E-state index in [0.717, 1.165) is 23.9 Å². The molecule has 0 aliphatic rings. The fourth-order valence-corrected chi connectivity index (χ4v) is 3.93. The van der Waals surface area contributed by atoms with Crippen LogP contribution in [-0.2, 0) is 16.0 Å². The summed E-state index contributed by atoms with van der Waals surface area (Å²) in [6.07, 6.45) is 5.71. The molecule has 0 bridgehead atoms. The van der Waals surface area contributed by atoms with E-state index in [1.54, 1.807) is 12.3 Å². The van der Waals surface area contributed by atoms with Gasteiger partial charge in [0.2, 0.25) is 5.91 Å². The van der Waals surface area contributed by atoms with Gasteiger partial charge in [-0.25, -0.2) is 9.78 Å². The molecule has 0 unspecified atom stereocenters. The van der Waals surface area contributed by atoms with Crippen molar-refractivity contribution >= 4 is 39.2 Å². The fourth-order valence-electron chi connectivity index (χ4n) is 3.19. The van der Waals surface area contributed by atoms with Crippen molar-refractivity contribution in [2.75, 3.05) is 12.4 Å². The van der Waals surface area contributed by atoms with Gasteiger partial charge in [-0.05, 0) is 30.5 Å². The number of aromatic amines is 2. The number of anilines is 1. The highest BCUT2D eigenvalue weighted by molar-refractivity contribution is 7.14. The molecule has 4 rings (SSSR count). The van der Waals surface area contributed by atoms with E-state index in [9.17, 15) is 9.59 Å². The molecule has 0 saturated heterocycles. The van der Waals surface area contributed by atoms with Crippen LogP contribution < -0.4 is 5.32 Å². The van der Waals surface area contributed by atoms with Crippen LogP contribution in [0.3, 0.4) is 0 Å². The van der Waals surface area contributed by atoms with Gasteiger partial charge in [-0.2, -0.15) is 0 Å². The van der Waals surface area contributed by atoms with Crippen LogP contribution >= 0.6 is 11.3 Å². The van der Waals surface area contributed by atoms with Crippen molar-refractivity contribution in [3.63, 3.8) is 0 Å². The molecule has 0 saturated carbocycles. The number of thiazole rings is 1. The monoisotopic (exact) mass is 408 g/mol. The Balaban J connectivity index is 1.31. The summed E-state index contributed by atoms with van der Waals surface area (Å²) in [4.78, 5) is 34.3. The molecule has 7 nitrogen and oxygen atoms in total. The Morgan fingerprint density at radius 2 is 2.07 bits per heavy atom. The maximum atomic E-state index is 12.3. The summed E-state index contributed by atoms with van der Waals surface area (Å²) in [5, 5.41) is 6.43. The number of rotatable bonds is 7. The first kappa shape index (κ1) is 18.9. The van der Waals surface area contributed by atoms with Gasteiger partial charge < -0.3 is 20.0 Å². The number of nitrogens with zero attached hydrogens (tertiary/aromatic N) is 1. The number of esters is 1.